The molecule has 0 fully saturated rings. The molecule has 0 radical (unpaired) electrons. The highest BCUT2D eigenvalue weighted by Gasteiger charge is 2.12. The van der Waals surface area contributed by atoms with E-state index in [0.717, 1.165) is 22.4 Å². The molecule has 2 heterocycles. The van der Waals surface area contributed by atoms with Crippen LogP contribution in [-0.4, -0.2) is 15.9 Å². The van der Waals surface area contributed by atoms with Crippen molar-refractivity contribution in [2.75, 3.05) is 5.32 Å². The average molecular weight is 281 g/mol. The summed E-state index contributed by atoms with van der Waals surface area (Å²) in [5.74, 6) is 0.400. The van der Waals surface area contributed by atoms with Gasteiger partial charge < -0.3 is 9.73 Å². The van der Waals surface area contributed by atoms with Crippen LogP contribution in [0.1, 0.15) is 27.5 Å². The number of amides is 1. The minimum atomic E-state index is -0.197. The van der Waals surface area contributed by atoms with E-state index in [4.69, 9.17) is 4.42 Å². The van der Waals surface area contributed by atoms with E-state index in [1.165, 1.54) is 6.26 Å². The Kier molecular flexibility index (Phi) is 3.17. The number of aromatic nitrogens is 2. The van der Waals surface area contributed by atoms with Crippen molar-refractivity contribution in [1.82, 2.24) is 9.97 Å². The Labute approximate surface area is 122 Å². The predicted octanol–water partition coefficient (Wildman–Crippen LogP) is 3.40. The van der Waals surface area contributed by atoms with Gasteiger partial charge in [0.05, 0.1) is 34.2 Å². The van der Waals surface area contributed by atoms with E-state index in [0.29, 0.717) is 17.0 Å². The summed E-state index contributed by atoms with van der Waals surface area (Å²) in [6.07, 6.45) is 1.50. The molecule has 21 heavy (non-hydrogen) atoms. The van der Waals surface area contributed by atoms with Crippen molar-refractivity contribution in [1.29, 1.82) is 0 Å². The monoisotopic (exact) mass is 281 g/mol. The minimum absolute atomic E-state index is 0.197. The number of nitrogens with zero attached hydrogens (tertiary/aromatic N) is 2. The molecule has 0 aliphatic rings. The van der Waals surface area contributed by atoms with Gasteiger partial charge in [-0.15, -0.1) is 0 Å². The van der Waals surface area contributed by atoms with Crippen molar-refractivity contribution in [3.63, 3.8) is 0 Å². The SMILES string of the molecule is Cc1nc2ccc(NC(=O)c3ccoc3C)cc2nc1C. The van der Waals surface area contributed by atoms with E-state index in [1.807, 2.05) is 32.0 Å². The number of furan rings is 1. The van der Waals surface area contributed by atoms with Gasteiger partial charge in [0.2, 0.25) is 0 Å². The van der Waals surface area contributed by atoms with Crippen molar-refractivity contribution < 1.29 is 9.21 Å². The fraction of sp³-hybridized carbons (Fsp3) is 0.188. The lowest BCUT2D eigenvalue weighted by atomic mass is 10.2. The molecule has 5 heteroatoms. The molecule has 106 valence electrons. The maximum Gasteiger partial charge on any atom is 0.259 e. The van der Waals surface area contributed by atoms with Crippen LogP contribution in [-0.2, 0) is 0 Å². The highest BCUT2D eigenvalue weighted by atomic mass is 16.3. The fourth-order valence-corrected chi connectivity index (χ4v) is 2.13. The highest BCUT2D eigenvalue weighted by Crippen LogP contribution is 2.19. The van der Waals surface area contributed by atoms with E-state index >= 15 is 0 Å². The van der Waals surface area contributed by atoms with Gasteiger partial charge in [0.15, 0.2) is 0 Å². The molecule has 3 aromatic rings. The molecule has 5 nitrogen and oxygen atoms in total. The van der Waals surface area contributed by atoms with Crippen LogP contribution in [0.5, 0.6) is 0 Å². The predicted molar refractivity (Wildman–Crippen MR) is 80.4 cm³/mol. The first-order chi connectivity index (χ1) is 10.0. The van der Waals surface area contributed by atoms with Gasteiger partial charge in [-0.3, -0.25) is 4.79 Å². The lowest BCUT2D eigenvalue weighted by Crippen LogP contribution is -2.12. The van der Waals surface area contributed by atoms with E-state index in [1.54, 1.807) is 13.0 Å². The number of nitrogens with one attached hydrogen (secondary N) is 1. The second-order valence-corrected chi connectivity index (χ2v) is 4.94. The first-order valence-corrected chi connectivity index (χ1v) is 6.65. The summed E-state index contributed by atoms with van der Waals surface area (Å²) < 4.78 is 5.14. The van der Waals surface area contributed by atoms with Crippen LogP contribution in [0.15, 0.2) is 34.9 Å². The van der Waals surface area contributed by atoms with Gasteiger partial charge in [0, 0.05) is 5.69 Å². The number of hydrogen-bond donors (Lipinski definition) is 1. The number of aryl methyl sites for hydroxylation is 3. The lowest BCUT2D eigenvalue weighted by Gasteiger charge is -2.07. The molecule has 1 amide bonds. The maximum absolute atomic E-state index is 12.1. The van der Waals surface area contributed by atoms with Gasteiger partial charge in [-0.05, 0) is 45.0 Å². The molecule has 0 bridgehead atoms. The second kappa shape index (κ2) is 5.01. The summed E-state index contributed by atoms with van der Waals surface area (Å²) in [5, 5.41) is 2.84. The first-order valence-electron chi connectivity index (χ1n) is 6.65. The van der Waals surface area contributed by atoms with Gasteiger partial charge in [-0.1, -0.05) is 0 Å². The molecule has 1 N–H and O–H groups in total. The van der Waals surface area contributed by atoms with E-state index < -0.39 is 0 Å². The Morgan fingerprint density at radius 2 is 1.76 bits per heavy atom. The minimum Gasteiger partial charge on any atom is -0.469 e. The topological polar surface area (TPSA) is 68.0 Å². The second-order valence-electron chi connectivity index (χ2n) is 4.94. The third-order valence-corrected chi connectivity index (χ3v) is 3.44. The number of anilines is 1. The van der Waals surface area contributed by atoms with Crippen LogP contribution >= 0.6 is 0 Å². The zero-order chi connectivity index (χ0) is 15.0. The molecule has 0 aliphatic heterocycles. The molecule has 0 saturated heterocycles. The molecular weight excluding hydrogens is 266 g/mol. The lowest BCUT2D eigenvalue weighted by molar-refractivity contribution is 0.102. The van der Waals surface area contributed by atoms with Crippen LogP contribution in [0.3, 0.4) is 0 Å². The molecule has 2 aromatic heterocycles. The summed E-state index contributed by atoms with van der Waals surface area (Å²) in [6.45, 7) is 5.61. The first kappa shape index (κ1) is 13.3. The third-order valence-electron chi connectivity index (χ3n) is 3.44. The zero-order valence-corrected chi connectivity index (χ0v) is 12.1. The van der Waals surface area contributed by atoms with Crippen LogP contribution < -0.4 is 5.32 Å². The number of carbonyl (C=O) groups is 1. The van der Waals surface area contributed by atoms with Crippen molar-refractivity contribution in [3.8, 4) is 0 Å². The van der Waals surface area contributed by atoms with E-state index in [9.17, 15) is 4.79 Å². The van der Waals surface area contributed by atoms with Crippen molar-refractivity contribution in [2.24, 2.45) is 0 Å². The summed E-state index contributed by atoms with van der Waals surface area (Å²) in [5.41, 5.74) is 4.59. The fourth-order valence-electron chi connectivity index (χ4n) is 2.13. The third kappa shape index (κ3) is 2.50. The normalized spacial score (nSPS) is 10.8. The molecule has 0 saturated carbocycles. The van der Waals surface area contributed by atoms with Crippen molar-refractivity contribution >= 4 is 22.6 Å². The number of benzene rings is 1. The number of carbonyl (C=O) groups excluding carboxylic acids is 1. The Morgan fingerprint density at radius 1 is 1.05 bits per heavy atom. The molecule has 0 unspecified atom stereocenters. The van der Waals surface area contributed by atoms with Gasteiger partial charge in [-0.25, -0.2) is 9.97 Å². The van der Waals surface area contributed by atoms with Gasteiger partial charge in [0.25, 0.3) is 5.91 Å². The van der Waals surface area contributed by atoms with Crippen LogP contribution in [0.25, 0.3) is 11.0 Å². The molecule has 3 rings (SSSR count). The Balaban J connectivity index is 1.93. The summed E-state index contributed by atoms with van der Waals surface area (Å²) in [7, 11) is 0. The smallest absolute Gasteiger partial charge is 0.259 e. The van der Waals surface area contributed by atoms with E-state index in [2.05, 4.69) is 15.3 Å². The van der Waals surface area contributed by atoms with E-state index in [-0.39, 0.29) is 5.91 Å². The standard InChI is InChI=1S/C16H15N3O2/c1-9-10(2)18-15-8-12(4-5-14(15)17-9)19-16(20)13-6-7-21-11(13)3/h4-8H,1-3H3,(H,19,20). The molecule has 1 aromatic carbocycles. The molecular formula is C16H15N3O2. The number of fused-ring (bicyclic) bond motifs is 1. The maximum atomic E-state index is 12.1. The van der Waals surface area contributed by atoms with Crippen molar-refractivity contribution in [3.05, 3.63) is 53.2 Å². The number of rotatable bonds is 2. The summed E-state index contributed by atoms with van der Waals surface area (Å²) in [4.78, 5) is 21.1. The zero-order valence-electron chi connectivity index (χ0n) is 12.1. The highest BCUT2D eigenvalue weighted by molar-refractivity contribution is 6.05. The van der Waals surface area contributed by atoms with Gasteiger partial charge in [-0.2, -0.15) is 0 Å². The largest absolute Gasteiger partial charge is 0.469 e. The Morgan fingerprint density at radius 3 is 2.43 bits per heavy atom. The van der Waals surface area contributed by atoms with Crippen LogP contribution in [0.2, 0.25) is 0 Å². The summed E-state index contributed by atoms with van der Waals surface area (Å²) in [6, 6.07) is 7.15. The van der Waals surface area contributed by atoms with Crippen LogP contribution in [0, 0.1) is 20.8 Å². The number of hydrogen-bond acceptors (Lipinski definition) is 4. The van der Waals surface area contributed by atoms with Gasteiger partial charge >= 0.3 is 0 Å². The molecule has 0 atom stereocenters. The van der Waals surface area contributed by atoms with Crippen LogP contribution in [0.4, 0.5) is 5.69 Å². The Hall–Kier alpha value is -2.69. The average Bonchev–Trinajstić information content (AvgIpc) is 2.87. The molecule has 0 spiro atoms. The van der Waals surface area contributed by atoms with Crippen molar-refractivity contribution in [2.45, 2.75) is 20.8 Å². The quantitative estimate of drug-likeness (QED) is 0.781. The summed E-state index contributed by atoms with van der Waals surface area (Å²) >= 11 is 0. The molecule has 0 aliphatic carbocycles. The Bertz CT molecular complexity index is 837. The van der Waals surface area contributed by atoms with Gasteiger partial charge in [0.1, 0.15) is 5.76 Å².